The maximum absolute atomic E-state index is 12.6. The van der Waals surface area contributed by atoms with Gasteiger partial charge in [-0.3, -0.25) is 4.79 Å². The monoisotopic (exact) mass is 517 g/mol. The lowest BCUT2D eigenvalue weighted by Crippen LogP contribution is -2.44. The van der Waals surface area contributed by atoms with E-state index in [4.69, 9.17) is 21.1 Å². The first-order valence-corrected chi connectivity index (χ1v) is 12.4. The predicted octanol–water partition coefficient (Wildman–Crippen LogP) is 3.39. The quantitative estimate of drug-likeness (QED) is 0.417. The molecule has 3 rings (SSSR count). The number of pyridine rings is 2. The summed E-state index contributed by atoms with van der Waals surface area (Å²) in [5.41, 5.74) is -0.208. The number of aromatic nitrogens is 4. The van der Waals surface area contributed by atoms with Crippen molar-refractivity contribution in [1.29, 1.82) is 0 Å². The van der Waals surface area contributed by atoms with Gasteiger partial charge in [-0.15, -0.1) is 0 Å². The van der Waals surface area contributed by atoms with Crippen molar-refractivity contribution in [2.24, 2.45) is 0 Å². The Labute approximate surface area is 199 Å². The second-order valence-corrected chi connectivity index (χ2v) is 10.8. The fraction of sp³-hybridized carbons (Fsp3) is 0.400. The fourth-order valence-corrected chi connectivity index (χ4v) is 3.78. The summed E-state index contributed by atoms with van der Waals surface area (Å²) in [6.45, 7) is 2.54. The zero-order chi connectivity index (χ0) is 25.1. The molecule has 2 N–H and O–H groups in total. The molecule has 0 saturated carbocycles. The molecule has 10 nitrogen and oxygen atoms in total. The first-order chi connectivity index (χ1) is 15.8. The zero-order valence-corrected chi connectivity index (χ0v) is 20.0. The number of carbonyl (C=O) groups is 1. The highest BCUT2D eigenvalue weighted by atomic mass is 35.5. The molecule has 14 heteroatoms. The average Bonchev–Trinajstić information content (AvgIpc) is 3.15. The van der Waals surface area contributed by atoms with Gasteiger partial charge in [0.25, 0.3) is 18.2 Å². The SMILES string of the molecule is CC(C)(CCS(C)(=O)=O)NC(=O)c1nc2nc(Oc3ncc(Cl)cc3OCC(F)F)ccc2[nH]1. The number of nitrogens with one attached hydrogen (secondary N) is 2. The highest BCUT2D eigenvalue weighted by Crippen LogP contribution is 2.31. The Bertz CT molecular complexity index is 1300. The first-order valence-electron chi connectivity index (χ1n) is 9.93. The standard InChI is InChI=1S/C20H22ClF2N5O5S/c1-20(2,6-7-34(3,30)31)28-18(29)17-25-12-4-5-15(26-16(12)27-17)33-19-13(32-10-14(22)23)8-11(21)9-24-19/h4-5,8-9,14H,6-7,10H2,1-3H3,(H,28,29)(H,25,26,27). The van der Waals surface area contributed by atoms with Crippen molar-refractivity contribution in [3.05, 3.63) is 35.2 Å². The van der Waals surface area contributed by atoms with Crippen LogP contribution in [0.1, 0.15) is 30.9 Å². The maximum Gasteiger partial charge on any atom is 0.287 e. The van der Waals surface area contributed by atoms with E-state index >= 15 is 0 Å². The van der Waals surface area contributed by atoms with Crippen LogP contribution in [0.5, 0.6) is 17.5 Å². The van der Waals surface area contributed by atoms with Gasteiger partial charge in [0.2, 0.25) is 5.88 Å². The van der Waals surface area contributed by atoms with E-state index in [0.29, 0.717) is 5.52 Å². The molecule has 0 spiro atoms. The van der Waals surface area contributed by atoms with Crippen LogP contribution in [0.25, 0.3) is 11.2 Å². The molecular weight excluding hydrogens is 496 g/mol. The number of aromatic amines is 1. The third kappa shape index (κ3) is 7.22. The molecular formula is C20H22ClF2N5O5S. The minimum absolute atomic E-state index is 0.0242. The molecule has 0 bridgehead atoms. The highest BCUT2D eigenvalue weighted by Gasteiger charge is 2.25. The van der Waals surface area contributed by atoms with Crippen LogP contribution in [0, 0.1) is 0 Å². The lowest BCUT2D eigenvalue weighted by molar-refractivity contribution is 0.0803. The topological polar surface area (TPSA) is 136 Å². The van der Waals surface area contributed by atoms with Gasteiger partial charge in [0.05, 0.1) is 16.3 Å². The zero-order valence-electron chi connectivity index (χ0n) is 18.4. The van der Waals surface area contributed by atoms with Gasteiger partial charge in [0.15, 0.2) is 17.2 Å². The van der Waals surface area contributed by atoms with Crippen LogP contribution in [-0.2, 0) is 9.84 Å². The van der Waals surface area contributed by atoms with Gasteiger partial charge in [-0.05, 0) is 26.3 Å². The number of sulfone groups is 1. The van der Waals surface area contributed by atoms with E-state index < -0.39 is 34.3 Å². The number of nitrogens with zero attached hydrogens (tertiary/aromatic N) is 3. The number of imidazole rings is 1. The molecule has 3 heterocycles. The number of hydrogen-bond acceptors (Lipinski definition) is 8. The number of amides is 1. The van der Waals surface area contributed by atoms with Crippen LogP contribution in [0.15, 0.2) is 24.4 Å². The summed E-state index contributed by atoms with van der Waals surface area (Å²) in [4.78, 5) is 27.7. The van der Waals surface area contributed by atoms with Crippen molar-refractivity contribution in [3.8, 4) is 17.5 Å². The lowest BCUT2D eigenvalue weighted by Gasteiger charge is -2.25. The number of rotatable bonds is 10. The average molecular weight is 518 g/mol. The van der Waals surface area contributed by atoms with E-state index in [1.165, 1.54) is 18.3 Å². The van der Waals surface area contributed by atoms with Crippen LogP contribution in [-0.4, -0.2) is 64.8 Å². The molecule has 3 aromatic rings. The van der Waals surface area contributed by atoms with E-state index in [2.05, 4.69) is 25.3 Å². The Morgan fingerprint density at radius 1 is 1.29 bits per heavy atom. The van der Waals surface area contributed by atoms with Gasteiger partial charge >= 0.3 is 0 Å². The van der Waals surface area contributed by atoms with Gasteiger partial charge in [-0.2, -0.15) is 4.98 Å². The van der Waals surface area contributed by atoms with E-state index in [1.807, 2.05) is 0 Å². The summed E-state index contributed by atoms with van der Waals surface area (Å²) in [6.07, 6.45) is -0.0972. The molecule has 0 radical (unpaired) electrons. The van der Waals surface area contributed by atoms with Crippen LogP contribution >= 0.6 is 11.6 Å². The number of hydrogen-bond donors (Lipinski definition) is 2. The Kier molecular flexibility index (Phi) is 7.56. The van der Waals surface area contributed by atoms with Crippen molar-refractivity contribution < 1.29 is 31.5 Å². The van der Waals surface area contributed by atoms with Crippen LogP contribution in [0.2, 0.25) is 5.02 Å². The van der Waals surface area contributed by atoms with Crippen molar-refractivity contribution >= 4 is 38.5 Å². The normalized spacial score (nSPS) is 12.2. The molecule has 0 aliphatic heterocycles. The summed E-state index contributed by atoms with van der Waals surface area (Å²) in [5.74, 6) is -0.842. The fourth-order valence-electron chi connectivity index (χ4n) is 2.75. The van der Waals surface area contributed by atoms with Gasteiger partial charge < -0.3 is 19.8 Å². The molecule has 0 fully saturated rings. The Hall–Kier alpha value is -3.06. The number of ether oxygens (including phenoxy) is 2. The van der Waals surface area contributed by atoms with Crippen molar-refractivity contribution in [2.75, 3.05) is 18.6 Å². The lowest BCUT2D eigenvalue weighted by atomic mass is 10.0. The second kappa shape index (κ2) is 10.1. The van der Waals surface area contributed by atoms with Crippen LogP contribution < -0.4 is 14.8 Å². The van der Waals surface area contributed by atoms with Crippen molar-refractivity contribution in [2.45, 2.75) is 32.2 Å². The van der Waals surface area contributed by atoms with Crippen LogP contribution in [0.4, 0.5) is 8.78 Å². The van der Waals surface area contributed by atoms with Crippen molar-refractivity contribution in [3.63, 3.8) is 0 Å². The molecule has 3 aromatic heterocycles. The molecule has 0 unspecified atom stereocenters. The smallest absolute Gasteiger partial charge is 0.287 e. The molecule has 0 atom stereocenters. The third-order valence-electron chi connectivity index (χ3n) is 4.44. The molecule has 0 saturated heterocycles. The molecule has 0 aliphatic rings. The predicted molar refractivity (Wildman–Crippen MR) is 121 cm³/mol. The minimum Gasteiger partial charge on any atom is -0.482 e. The van der Waals surface area contributed by atoms with Gasteiger partial charge in [-0.25, -0.2) is 27.2 Å². The summed E-state index contributed by atoms with van der Waals surface area (Å²) >= 11 is 5.85. The number of halogens is 3. The van der Waals surface area contributed by atoms with E-state index in [-0.39, 0.29) is 46.2 Å². The highest BCUT2D eigenvalue weighted by molar-refractivity contribution is 7.90. The largest absolute Gasteiger partial charge is 0.482 e. The second-order valence-electron chi connectivity index (χ2n) is 8.08. The number of fused-ring (bicyclic) bond motifs is 1. The third-order valence-corrected chi connectivity index (χ3v) is 5.59. The Balaban J connectivity index is 1.76. The molecule has 0 aromatic carbocycles. The Morgan fingerprint density at radius 2 is 2.03 bits per heavy atom. The maximum atomic E-state index is 12.6. The molecule has 0 aliphatic carbocycles. The molecule has 1 amide bonds. The molecule has 34 heavy (non-hydrogen) atoms. The summed E-state index contributed by atoms with van der Waals surface area (Å²) in [7, 11) is -3.18. The van der Waals surface area contributed by atoms with Gasteiger partial charge in [0, 0.05) is 30.1 Å². The number of H-pyrrole nitrogens is 1. The van der Waals surface area contributed by atoms with Gasteiger partial charge in [0.1, 0.15) is 16.4 Å². The number of carbonyl (C=O) groups excluding carboxylic acids is 1. The van der Waals surface area contributed by atoms with Gasteiger partial charge in [-0.1, -0.05) is 11.6 Å². The van der Waals surface area contributed by atoms with E-state index in [1.54, 1.807) is 19.9 Å². The number of alkyl halides is 2. The Morgan fingerprint density at radius 3 is 2.71 bits per heavy atom. The summed E-state index contributed by atoms with van der Waals surface area (Å²) in [5, 5.41) is 2.91. The summed E-state index contributed by atoms with van der Waals surface area (Å²) < 4.78 is 58.4. The van der Waals surface area contributed by atoms with Crippen molar-refractivity contribution in [1.82, 2.24) is 25.3 Å². The van der Waals surface area contributed by atoms with E-state index in [0.717, 1.165) is 6.26 Å². The summed E-state index contributed by atoms with van der Waals surface area (Å²) in [6, 6.07) is 4.31. The minimum atomic E-state index is -3.18. The molecule has 184 valence electrons. The van der Waals surface area contributed by atoms with Crippen LogP contribution in [0.3, 0.4) is 0 Å². The van der Waals surface area contributed by atoms with E-state index in [9.17, 15) is 22.0 Å². The first kappa shape index (κ1) is 25.6.